The molecule has 3 aromatic rings. The van der Waals surface area contributed by atoms with Gasteiger partial charge in [0.25, 0.3) is 5.91 Å². The van der Waals surface area contributed by atoms with E-state index in [0.717, 1.165) is 22.5 Å². The van der Waals surface area contributed by atoms with Crippen LogP contribution >= 0.6 is 0 Å². The number of aromatic amines is 1. The molecule has 1 aliphatic rings. The van der Waals surface area contributed by atoms with Crippen LogP contribution < -0.4 is 10.2 Å². The van der Waals surface area contributed by atoms with Gasteiger partial charge in [0, 0.05) is 5.56 Å². The summed E-state index contributed by atoms with van der Waals surface area (Å²) in [5, 5.41) is 6.84. The van der Waals surface area contributed by atoms with Crippen LogP contribution in [0.15, 0.2) is 47.6 Å². The number of carbonyl (C=O) groups is 2. The third-order valence-electron chi connectivity index (χ3n) is 5.58. The van der Waals surface area contributed by atoms with E-state index in [-0.39, 0.29) is 11.8 Å². The van der Waals surface area contributed by atoms with Crippen molar-refractivity contribution >= 4 is 40.2 Å². The molecule has 1 aliphatic heterocycles. The molecule has 0 aliphatic carbocycles. The van der Waals surface area contributed by atoms with Crippen LogP contribution in [0.3, 0.4) is 0 Å². The first-order valence-electron chi connectivity index (χ1n) is 10.2. The van der Waals surface area contributed by atoms with Gasteiger partial charge in [0.1, 0.15) is 7.11 Å². The number of nitrogens with zero attached hydrogens (tertiary/aromatic N) is 3. The van der Waals surface area contributed by atoms with Gasteiger partial charge in [-0.3, -0.25) is 14.9 Å². The largest absolute Gasteiger partial charge is 0.399 e. The van der Waals surface area contributed by atoms with Gasteiger partial charge in [-0.05, 0) is 50.1 Å². The van der Waals surface area contributed by atoms with E-state index in [1.165, 1.54) is 7.11 Å². The molecule has 0 unspecified atom stereocenters. The maximum Gasteiger partial charge on any atom is 0.257 e. The second-order valence-electron chi connectivity index (χ2n) is 8.00. The van der Waals surface area contributed by atoms with Gasteiger partial charge < -0.3 is 14.7 Å². The van der Waals surface area contributed by atoms with Crippen LogP contribution in [0.4, 0.5) is 11.6 Å². The molecule has 1 aromatic heterocycles. The lowest BCUT2D eigenvalue weighted by atomic mass is 9.86. The van der Waals surface area contributed by atoms with E-state index >= 15 is 0 Å². The van der Waals surface area contributed by atoms with Gasteiger partial charge in [-0.2, -0.15) is 0 Å². The lowest BCUT2D eigenvalue weighted by Crippen LogP contribution is -2.39. The molecular formula is C23H25N5O3. The van der Waals surface area contributed by atoms with Crippen LogP contribution in [0.1, 0.15) is 43.1 Å². The quantitative estimate of drug-likeness (QED) is 0.468. The topological polar surface area (TPSA) is 99.7 Å². The first-order valence-corrected chi connectivity index (χ1v) is 10.2. The molecule has 8 heteroatoms. The molecule has 2 aromatic carbocycles. The number of H-pyrrole nitrogens is 1. The standard InChI is InChI=1S/C23H25N5O3/c1-5-15(27-31-4)13-28-19-12-18-17(11-16(19)23(2,3)21(28)30)24-22(25-18)26-20(29)14-9-7-6-8-10-14/h6-12H,5,13H2,1-4H3,(H2,24,25,26,29)/b27-15+. The fraction of sp³-hybridized carbons (Fsp3) is 0.304. The number of fused-ring (bicyclic) bond motifs is 2. The average molecular weight is 419 g/mol. The Morgan fingerprint density at radius 3 is 2.68 bits per heavy atom. The van der Waals surface area contributed by atoms with Gasteiger partial charge in [0.15, 0.2) is 0 Å². The summed E-state index contributed by atoms with van der Waals surface area (Å²) >= 11 is 0. The summed E-state index contributed by atoms with van der Waals surface area (Å²) < 4.78 is 0. The van der Waals surface area contributed by atoms with Crippen LogP contribution in [0.5, 0.6) is 0 Å². The highest BCUT2D eigenvalue weighted by atomic mass is 16.6. The second kappa shape index (κ2) is 7.86. The van der Waals surface area contributed by atoms with Crippen molar-refractivity contribution < 1.29 is 14.4 Å². The van der Waals surface area contributed by atoms with Crippen molar-refractivity contribution in [3.05, 3.63) is 53.6 Å². The van der Waals surface area contributed by atoms with E-state index < -0.39 is 5.41 Å². The molecule has 0 bridgehead atoms. The van der Waals surface area contributed by atoms with Crippen LogP contribution in [0, 0.1) is 0 Å². The monoisotopic (exact) mass is 419 g/mol. The van der Waals surface area contributed by atoms with E-state index in [4.69, 9.17) is 4.84 Å². The molecule has 2 heterocycles. The molecule has 0 saturated carbocycles. The Labute approximate surface area is 180 Å². The smallest absolute Gasteiger partial charge is 0.257 e. The van der Waals surface area contributed by atoms with Crippen LogP contribution in [-0.2, 0) is 15.0 Å². The SMILES string of the molecule is CC/C(CN1C(=O)C(C)(C)c2cc3[nH]c(NC(=O)c4ccccc4)nc3cc21)=N\OC. The molecule has 0 radical (unpaired) electrons. The first kappa shape index (κ1) is 20.6. The third-order valence-corrected chi connectivity index (χ3v) is 5.58. The molecule has 31 heavy (non-hydrogen) atoms. The van der Waals surface area contributed by atoms with Crippen molar-refractivity contribution in [2.24, 2.45) is 5.16 Å². The highest BCUT2D eigenvalue weighted by Gasteiger charge is 2.44. The Balaban J connectivity index is 1.69. The normalized spacial score (nSPS) is 15.3. The Bertz CT molecular complexity index is 1180. The minimum absolute atomic E-state index is 0.00464. The number of hydrogen-bond donors (Lipinski definition) is 2. The van der Waals surface area contributed by atoms with Crippen molar-refractivity contribution in [3.8, 4) is 0 Å². The van der Waals surface area contributed by atoms with E-state index in [1.807, 2.05) is 51.1 Å². The van der Waals surface area contributed by atoms with Crippen molar-refractivity contribution in [3.63, 3.8) is 0 Å². The van der Waals surface area contributed by atoms with Gasteiger partial charge in [-0.1, -0.05) is 30.3 Å². The molecule has 4 rings (SSSR count). The molecule has 8 nitrogen and oxygen atoms in total. The maximum absolute atomic E-state index is 13.2. The third kappa shape index (κ3) is 3.65. The average Bonchev–Trinajstić information content (AvgIpc) is 3.23. The zero-order valence-electron chi connectivity index (χ0n) is 18.0. The number of rotatable bonds is 6. The number of carbonyl (C=O) groups excluding carboxylic acids is 2. The van der Waals surface area contributed by atoms with Gasteiger partial charge in [0.2, 0.25) is 11.9 Å². The zero-order valence-corrected chi connectivity index (χ0v) is 18.0. The summed E-state index contributed by atoms with van der Waals surface area (Å²) in [6, 6.07) is 12.8. The Morgan fingerprint density at radius 1 is 1.26 bits per heavy atom. The highest BCUT2D eigenvalue weighted by molar-refractivity contribution is 6.12. The number of benzene rings is 2. The zero-order chi connectivity index (χ0) is 22.2. The summed E-state index contributed by atoms with van der Waals surface area (Å²) in [6.07, 6.45) is 0.674. The molecular weight excluding hydrogens is 394 g/mol. The molecule has 2 N–H and O–H groups in total. The fourth-order valence-corrected chi connectivity index (χ4v) is 3.83. The van der Waals surface area contributed by atoms with E-state index in [1.54, 1.807) is 17.0 Å². The number of aromatic nitrogens is 2. The van der Waals surface area contributed by atoms with Gasteiger partial charge in [-0.15, -0.1) is 0 Å². The number of amides is 2. The van der Waals surface area contributed by atoms with Crippen molar-refractivity contribution in [1.82, 2.24) is 9.97 Å². The minimum atomic E-state index is -0.687. The van der Waals surface area contributed by atoms with E-state index in [9.17, 15) is 9.59 Å². The number of anilines is 2. The van der Waals surface area contributed by atoms with Crippen molar-refractivity contribution in [1.29, 1.82) is 0 Å². The number of oxime groups is 1. The molecule has 160 valence electrons. The molecule has 0 saturated heterocycles. The Hall–Kier alpha value is -3.68. The van der Waals surface area contributed by atoms with E-state index in [0.29, 0.717) is 30.0 Å². The molecule has 2 amide bonds. The highest BCUT2D eigenvalue weighted by Crippen LogP contribution is 2.43. The minimum Gasteiger partial charge on any atom is -0.399 e. The molecule has 0 atom stereocenters. The molecule has 0 spiro atoms. The van der Waals surface area contributed by atoms with Gasteiger partial charge in [0.05, 0.1) is 34.4 Å². The van der Waals surface area contributed by atoms with Gasteiger partial charge in [-0.25, -0.2) is 4.98 Å². The Morgan fingerprint density at radius 2 is 2.00 bits per heavy atom. The summed E-state index contributed by atoms with van der Waals surface area (Å²) in [5.41, 5.74) is 3.76. The van der Waals surface area contributed by atoms with Crippen LogP contribution in [0.25, 0.3) is 11.0 Å². The van der Waals surface area contributed by atoms with Crippen LogP contribution in [-0.4, -0.2) is 41.1 Å². The van der Waals surface area contributed by atoms with E-state index in [2.05, 4.69) is 20.4 Å². The predicted octanol–water partition coefficient (Wildman–Crippen LogP) is 3.85. The lowest BCUT2D eigenvalue weighted by Gasteiger charge is -2.20. The number of nitrogens with one attached hydrogen (secondary N) is 2. The number of hydrogen-bond acceptors (Lipinski definition) is 5. The molecule has 0 fully saturated rings. The Kier molecular flexibility index (Phi) is 5.22. The first-order chi connectivity index (χ1) is 14.8. The second-order valence-corrected chi connectivity index (χ2v) is 8.00. The van der Waals surface area contributed by atoms with Gasteiger partial charge >= 0.3 is 0 Å². The fourth-order valence-electron chi connectivity index (χ4n) is 3.83. The van der Waals surface area contributed by atoms with Crippen LogP contribution in [0.2, 0.25) is 0 Å². The van der Waals surface area contributed by atoms with Crippen molar-refractivity contribution in [2.45, 2.75) is 32.6 Å². The predicted molar refractivity (Wildman–Crippen MR) is 121 cm³/mol. The summed E-state index contributed by atoms with van der Waals surface area (Å²) in [6.45, 7) is 6.15. The summed E-state index contributed by atoms with van der Waals surface area (Å²) in [5.74, 6) is 0.121. The number of imidazole rings is 1. The van der Waals surface area contributed by atoms with Crippen molar-refractivity contribution in [2.75, 3.05) is 23.9 Å². The lowest BCUT2D eigenvalue weighted by molar-refractivity contribution is -0.121. The summed E-state index contributed by atoms with van der Waals surface area (Å²) in [4.78, 5) is 39.9. The summed E-state index contributed by atoms with van der Waals surface area (Å²) in [7, 11) is 1.50. The maximum atomic E-state index is 13.2.